The van der Waals surface area contributed by atoms with Crippen molar-refractivity contribution in [2.75, 3.05) is 6.61 Å². The minimum atomic E-state index is -1.42. The van der Waals surface area contributed by atoms with Crippen LogP contribution in [0, 0.1) is 0 Å². The van der Waals surface area contributed by atoms with Gasteiger partial charge in [0.25, 0.3) is 0 Å². The largest absolute Gasteiger partial charge is 0.387 e. The molecular weight excluding hydrogens is 935 g/mol. The van der Waals surface area contributed by atoms with Gasteiger partial charge in [-0.15, -0.1) is 0 Å². The lowest BCUT2D eigenvalue weighted by Crippen LogP contribution is -2.69. The van der Waals surface area contributed by atoms with Crippen molar-refractivity contribution in [1.29, 1.82) is 0 Å². The monoisotopic (exact) mass is 997 g/mol. The van der Waals surface area contributed by atoms with E-state index in [0.29, 0.717) is 0 Å². The molecular formula is C61H63N3O10. The molecule has 11 atom stereocenters. The zero-order chi connectivity index (χ0) is 50.6. The Labute approximate surface area is 433 Å². The molecule has 13 heteroatoms. The Hall–Kier alpha value is -6.55. The smallest absolute Gasteiger partial charge is 0.169 e. The Balaban J connectivity index is 1.11. The van der Waals surface area contributed by atoms with Crippen LogP contribution in [0.1, 0.15) is 38.9 Å². The molecule has 13 nitrogen and oxygen atoms in total. The average Bonchev–Trinajstić information content (AvgIpc) is 3.46. The molecule has 0 spiro atoms. The van der Waals surface area contributed by atoms with Crippen LogP contribution < -0.4 is 0 Å². The molecule has 1 saturated carbocycles. The Morgan fingerprint density at radius 3 is 1.04 bits per heavy atom. The summed E-state index contributed by atoms with van der Waals surface area (Å²) < 4.78 is 62.0. The van der Waals surface area contributed by atoms with Crippen molar-refractivity contribution in [2.24, 2.45) is 5.11 Å². The molecule has 74 heavy (non-hydrogen) atoms. The summed E-state index contributed by atoms with van der Waals surface area (Å²) in [6, 6.07) is 67.4. The van der Waals surface area contributed by atoms with Gasteiger partial charge in [0.05, 0.1) is 52.9 Å². The second kappa shape index (κ2) is 27.7. The third kappa shape index (κ3) is 14.6. The number of aliphatic hydroxyl groups is 1. The first kappa shape index (κ1) is 52.3. The molecule has 9 rings (SSSR count). The van der Waals surface area contributed by atoms with Gasteiger partial charge in [-0.05, 0) is 44.5 Å². The molecule has 382 valence electrons. The highest BCUT2D eigenvalue weighted by molar-refractivity contribution is 5.20. The molecule has 7 aromatic rings. The average molecular weight is 998 g/mol. The summed E-state index contributed by atoms with van der Waals surface area (Å²) in [5.74, 6) is 0. The van der Waals surface area contributed by atoms with Gasteiger partial charge >= 0.3 is 0 Å². The number of rotatable bonds is 25. The maximum Gasteiger partial charge on any atom is 0.169 e. The van der Waals surface area contributed by atoms with Gasteiger partial charge in [0.15, 0.2) is 6.29 Å². The van der Waals surface area contributed by atoms with Crippen LogP contribution in [0.2, 0.25) is 0 Å². The van der Waals surface area contributed by atoms with Crippen LogP contribution in [-0.4, -0.2) is 79.0 Å². The first-order valence-electron chi connectivity index (χ1n) is 25.2. The number of azide groups is 1. The number of ether oxygens (including phenoxy) is 9. The third-order valence-corrected chi connectivity index (χ3v) is 13.2. The van der Waals surface area contributed by atoms with Crippen LogP contribution in [0.25, 0.3) is 10.4 Å². The number of benzene rings is 7. The van der Waals surface area contributed by atoms with Crippen LogP contribution in [0.4, 0.5) is 0 Å². The highest BCUT2D eigenvalue weighted by atomic mass is 16.7. The zero-order valence-electron chi connectivity index (χ0n) is 41.2. The summed E-state index contributed by atoms with van der Waals surface area (Å²) in [6.45, 7) is 1.31. The minimum Gasteiger partial charge on any atom is -0.387 e. The van der Waals surface area contributed by atoms with Crippen molar-refractivity contribution in [3.63, 3.8) is 0 Å². The van der Waals surface area contributed by atoms with Crippen molar-refractivity contribution >= 4 is 0 Å². The van der Waals surface area contributed by atoms with Gasteiger partial charge < -0.3 is 47.7 Å². The Morgan fingerprint density at radius 1 is 0.378 bits per heavy atom. The summed E-state index contributed by atoms with van der Waals surface area (Å²) in [5.41, 5.74) is 16.8. The fourth-order valence-corrected chi connectivity index (χ4v) is 9.39. The first-order chi connectivity index (χ1) is 36.6. The van der Waals surface area contributed by atoms with Crippen molar-refractivity contribution < 1.29 is 47.7 Å². The van der Waals surface area contributed by atoms with E-state index in [-0.39, 0.29) is 52.9 Å². The standard InChI is InChI=1S/C61H63N3O10/c62-64-63-52-55(68-38-46-26-12-3-13-27-46)54(67-37-45-24-10-2-11-25-45)51(43-66-36-44-22-8-1-9-23-44)73-61(52)74-57-53(65)56(69-39-47-28-14-4-15-29-47)58(70-40-48-30-16-5-17-31-48)60(72-42-50-34-20-7-21-35-50)59(57)71-41-49-32-18-6-19-33-49/h1-35,51-61,65H,36-43H2/t51-,52-,53+,54+,55-,56-,57-,58+,59+,60+,61-/m1/s1. The summed E-state index contributed by atoms with van der Waals surface area (Å²) in [4.78, 5) is 3.36. The molecule has 2 aliphatic rings. The minimum absolute atomic E-state index is 0.0462. The topological polar surface area (TPSA) is 152 Å². The van der Waals surface area contributed by atoms with E-state index in [4.69, 9.17) is 42.6 Å². The normalized spacial score (nSPS) is 24.7. The van der Waals surface area contributed by atoms with Crippen LogP contribution in [-0.2, 0) is 88.9 Å². The van der Waals surface area contributed by atoms with E-state index in [0.717, 1.165) is 38.9 Å². The van der Waals surface area contributed by atoms with Gasteiger partial charge in [-0.2, -0.15) is 0 Å². The van der Waals surface area contributed by atoms with E-state index < -0.39 is 67.3 Å². The predicted molar refractivity (Wildman–Crippen MR) is 279 cm³/mol. The second-order valence-corrected chi connectivity index (χ2v) is 18.4. The zero-order valence-corrected chi connectivity index (χ0v) is 41.2. The van der Waals surface area contributed by atoms with Crippen LogP contribution in [0.3, 0.4) is 0 Å². The Kier molecular flexibility index (Phi) is 19.6. The fourth-order valence-electron chi connectivity index (χ4n) is 9.39. The van der Waals surface area contributed by atoms with Gasteiger partial charge in [0.1, 0.15) is 61.0 Å². The molecule has 0 unspecified atom stereocenters. The molecule has 0 bridgehead atoms. The molecule has 0 aromatic heterocycles. The van der Waals surface area contributed by atoms with Crippen molar-refractivity contribution in [2.45, 2.75) is 114 Å². The number of nitrogens with zero attached hydrogens (tertiary/aromatic N) is 3. The van der Waals surface area contributed by atoms with E-state index in [1.54, 1.807) is 0 Å². The molecule has 1 aliphatic heterocycles. The number of aliphatic hydroxyl groups excluding tert-OH is 1. The predicted octanol–water partition coefficient (Wildman–Crippen LogP) is 10.9. The van der Waals surface area contributed by atoms with E-state index >= 15 is 0 Å². The van der Waals surface area contributed by atoms with Gasteiger partial charge in [0, 0.05) is 4.91 Å². The van der Waals surface area contributed by atoms with Gasteiger partial charge in [-0.1, -0.05) is 217 Å². The van der Waals surface area contributed by atoms with Crippen molar-refractivity contribution in [3.8, 4) is 0 Å². The fraction of sp³-hybridized carbons (Fsp3) is 0.311. The SMILES string of the molecule is [N-]=[N+]=N[C@H]1[C@@H](O[C@@H]2[C@@H](O)[C@@H](OCc3ccccc3)[C@H](OCc3ccccc3)[C@H](OCc3ccccc3)[C@H]2OCc2ccccc2)O[C@H](COCc2ccccc2)[C@H](OCc2ccccc2)[C@@H]1OCc1ccccc1. The lowest BCUT2D eigenvalue weighted by atomic mass is 9.83. The summed E-state index contributed by atoms with van der Waals surface area (Å²) in [5, 5.41) is 17.5. The van der Waals surface area contributed by atoms with Crippen LogP contribution in [0.5, 0.6) is 0 Å². The molecule has 1 saturated heterocycles. The third-order valence-electron chi connectivity index (χ3n) is 13.2. The maximum absolute atomic E-state index is 13.1. The molecule has 1 N–H and O–H groups in total. The highest BCUT2D eigenvalue weighted by Gasteiger charge is 2.57. The van der Waals surface area contributed by atoms with Gasteiger partial charge in [-0.25, -0.2) is 0 Å². The van der Waals surface area contributed by atoms with Crippen molar-refractivity contribution in [1.82, 2.24) is 0 Å². The number of hydrogen-bond donors (Lipinski definition) is 1. The molecule has 0 amide bonds. The van der Waals surface area contributed by atoms with Crippen LogP contribution >= 0.6 is 0 Å². The summed E-state index contributed by atoms with van der Waals surface area (Å²) in [6.07, 6.45) is -10.5. The molecule has 2 fully saturated rings. The first-order valence-corrected chi connectivity index (χ1v) is 25.2. The van der Waals surface area contributed by atoms with Gasteiger partial charge in [0.2, 0.25) is 0 Å². The molecule has 1 heterocycles. The van der Waals surface area contributed by atoms with Gasteiger partial charge in [-0.3, -0.25) is 0 Å². The quantitative estimate of drug-likeness (QED) is 0.0333. The summed E-state index contributed by atoms with van der Waals surface area (Å²) >= 11 is 0. The Morgan fingerprint density at radius 2 is 0.676 bits per heavy atom. The van der Waals surface area contributed by atoms with E-state index in [1.165, 1.54) is 0 Å². The highest BCUT2D eigenvalue weighted by Crippen LogP contribution is 2.38. The van der Waals surface area contributed by atoms with Crippen molar-refractivity contribution in [3.05, 3.63) is 262 Å². The molecule has 1 aliphatic carbocycles. The summed E-state index contributed by atoms with van der Waals surface area (Å²) in [7, 11) is 0. The van der Waals surface area contributed by atoms with E-state index in [2.05, 4.69) is 10.0 Å². The lowest BCUT2D eigenvalue weighted by Gasteiger charge is -2.51. The second-order valence-electron chi connectivity index (χ2n) is 18.4. The lowest BCUT2D eigenvalue weighted by molar-refractivity contribution is -0.338. The Bertz CT molecular complexity index is 2710. The van der Waals surface area contributed by atoms with E-state index in [1.807, 2.05) is 212 Å². The molecule has 0 radical (unpaired) electrons. The van der Waals surface area contributed by atoms with Crippen LogP contribution in [0.15, 0.2) is 217 Å². The number of hydrogen-bond acceptors (Lipinski definition) is 11. The maximum atomic E-state index is 13.1. The molecule has 7 aromatic carbocycles. The van der Waals surface area contributed by atoms with E-state index in [9.17, 15) is 10.6 Å².